The number of para-hydroxylation sites is 1. The molecule has 1 amide bonds. The highest BCUT2D eigenvalue weighted by Gasteiger charge is 2.02. The molecule has 0 spiro atoms. The minimum absolute atomic E-state index is 0.00556. The molecule has 0 aliphatic carbocycles. The molecular formula is C13H16N2O. The second-order valence-electron chi connectivity index (χ2n) is 3.40. The van der Waals surface area contributed by atoms with E-state index in [1.165, 1.54) is 0 Å². The fourth-order valence-corrected chi connectivity index (χ4v) is 1.33. The number of nitrogens with two attached hydrogens (primary N) is 1. The lowest BCUT2D eigenvalue weighted by Gasteiger charge is -2.04. The summed E-state index contributed by atoms with van der Waals surface area (Å²) in [7, 11) is 0. The lowest BCUT2D eigenvalue weighted by atomic mass is 10.1. The van der Waals surface area contributed by atoms with Crippen LogP contribution in [0.3, 0.4) is 0 Å². The van der Waals surface area contributed by atoms with E-state index in [1.807, 2.05) is 24.3 Å². The van der Waals surface area contributed by atoms with Gasteiger partial charge in [0.25, 0.3) is 0 Å². The second-order valence-corrected chi connectivity index (χ2v) is 3.40. The van der Waals surface area contributed by atoms with Crippen molar-refractivity contribution in [2.45, 2.75) is 19.8 Å². The predicted octanol–water partition coefficient (Wildman–Crippen LogP) is 1.34. The van der Waals surface area contributed by atoms with E-state index in [1.54, 1.807) is 6.92 Å². The number of carbonyl (C=O) groups excluding carboxylic acids is 1. The average Bonchev–Trinajstić information content (AvgIpc) is 2.28. The van der Waals surface area contributed by atoms with Gasteiger partial charge >= 0.3 is 0 Å². The van der Waals surface area contributed by atoms with E-state index in [9.17, 15) is 4.79 Å². The molecule has 0 radical (unpaired) electrons. The Hall–Kier alpha value is -1.95. The molecule has 0 aromatic heterocycles. The first kappa shape index (κ1) is 12.1. The molecule has 0 aliphatic rings. The number of hydrogen-bond donors (Lipinski definition) is 2. The third-order valence-electron chi connectivity index (χ3n) is 2.23. The van der Waals surface area contributed by atoms with Crippen molar-refractivity contribution in [1.82, 2.24) is 5.32 Å². The van der Waals surface area contributed by atoms with Gasteiger partial charge in [-0.05, 0) is 25.0 Å². The van der Waals surface area contributed by atoms with Gasteiger partial charge in [0.15, 0.2) is 0 Å². The van der Waals surface area contributed by atoms with Crippen molar-refractivity contribution >= 4 is 11.6 Å². The molecular weight excluding hydrogens is 200 g/mol. The largest absolute Gasteiger partial charge is 0.399 e. The van der Waals surface area contributed by atoms with Crippen LogP contribution in [0.2, 0.25) is 0 Å². The summed E-state index contributed by atoms with van der Waals surface area (Å²) in [4.78, 5) is 11.4. The normalized spacial score (nSPS) is 9.06. The number of rotatable bonds is 4. The van der Waals surface area contributed by atoms with E-state index in [-0.39, 0.29) is 5.91 Å². The molecule has 0 atom stereocenters. The molecule has 1 aromatic rings. The summed E-state index contributed by atoms with van der Waals surface area (Å²) in [6, 6.07) is 7.59. The molecule has 3 nitrogen and oxygen atoms in total. The molecule has 0 unspecified atom stereocenters. The zero-order valence-electron chi connectivity index (χ0n) is 9.42. The molecule has 1 rings (SSSR count). The molecule has 0 bridgehead atoms. The third kappa shape index (κ3) is 4.05. The fourth-order valence-electron chi connectivity index (χ4n) is 1.33. The third-order valence-corrected chi connectivity index (χ3v) is 2.23. The Kier molecular flexibility index (Phi) is 4.94. The maximum atomic E-state index is 11.4. The number of hydrogen-bond acceptors (Lipinski definition) is 2. The standard InChI is InChI=1S/C13H16N2O/c1-2-3-10-15-13(16)9-8-11-6-4-5-7-12(11)14/h4-7H,8-10,14H2,1H3,(H,15,16). The lowest BCUT2D eigenvalue weighted by Crippen LogP contribution is -2.23. The molecule has 3 heteroatoms. The first-order valence-electron chi connectivity index (χ1n) is 5.23. The molecule has 16 heavy (non-hydrogen) atoms. The fraction of sp³-hybridized carbons (Fsp3) is 0.308. The van der Waals surface area contributed by atoms with Crippen LogP contribution in [-0.2, 0) is 11.2 Å². The Bertz CT molecular complexity index is 415. The van der Waals surface area contributed by atoms with Crippen molar-refractivity contribution in [3.63, 3.8) is 0 Å². The van der Waals surface area contributed by atoms with Crippen LogP contribution >= 0.6 is 0 Å². The number of nitrogens with one attached hydrogen (secondary N) is 1. The van der Waals surface area contributed by atoms with Crippen molar-refractivity contribution in [2.75, 3.05) is 12.3 Å². The smallest absolute Gasteiger partial charge is 0.221 e. The summed E-state index contributed by atoms with van der Waals surface area (Å²) in [6.45, 7) is 2.16. The minimum atomic E-state index is 0.00556. The maximum Gasteiger partial charge on any atom is 0.221 e. The minimum Gasteiger partial charge on any atom is -0.399 e. The Labute approximate surface area is 96.0 Å². The van der Waals surface area contributed by atoms with E-state index in [0.29, 0.717) is 19.4 Å². The summed E-state index contributed by atoms with van der Waals surface area (Å²) < 4.78 is 0. The number of amides is 1. The first-order valence-corrected chi connectivity index (χ1v) is 5.23. The molecule has 0 saturated heterocycles. The molecule has 3 N–H and O–H groups in total. The summed E-state index contributed by atoms with van der Waals surface area (Å²) >= 11 is 0. The molecule has 0 saturated carbocycles. The van der Waals surface area contributed by atoms with Crippen LogP contribution in [0, 0.1) is 11.8 Å². The lowest BCUT2D eigenvalue weighted by molar-refractivity contribution is -0.120. The van der Waals surface area contributed by atoms with Gasteiger partial charge in [-0.1, -0.05) is 24.1 Å². The van der Waals surface area contributed by atoms with Gasteiger partial charge in [-0.25, -0.2) is 0 Å². The number of carbonyl (C=O) groups is 1. The van der Waals surface area contributed by atoms with Gasteiger partial charge in [-0.15, -0.1) is 5.92 Å². The quantitative estimate of drug-likeness (QED) is 0.589. The van der Waals surface area contributed by atoms with E-state index >= 15 is 0 Å². The number of aryl methyl sites for hydroxylation is 1. The van der Waals surface area contributed by atoms with Crippen molar-refractivity contribution in [3.8, 4) is 11.8 Å². The van der Waals surface area contributed by atoms with Crippen molar-refractivity contribution < 1.29 is 4.79 Å². The number of nitrogen functional groups attached to an aromatic ring is 1. The van der Waals surface area contributed by atoms with Gasteiger partial charge in [-0.2, -0.15) is 0 Å². The van der Waals surface area contributed by atoms with Crippen LogP contribution in [0.25, 0.3) is 0 Å². The van der Waals surface area contributed by atoms with E-state index < -0.39 is 0 Å². The van der Waals surface area contributed by atoms with Gasteiger partial charge in [0, 0.05) is 12.1 Å². The van der Waals surface area contributed by atoms with E-state index in [4.69, 9.17) is 5.73 Å². The van der Waals surface area contributed by atoms with Crippen LogP contribution in [0.1, 0.15) is 18.9 Å². The topological polar surface area (TPSA) is 55.1 Å². The highest BCUT2D eigenvalue weighted by Crippen LogP contribution is 2.12. The van der Waals surface area contributed by atoms with Crippen LogP contribution in [0.4, 0.5) is 5.69 Å². The van der Waals surface area contributed by atoms with Crippen LogP contribution in [-0.4, -0.2) is 12.5 Å². The predicted molar refractivity (Wildman–Crippen MR) is 65.6 cm³/mol. The van der Waals surface area contributed by atoms with Crippen LogP contribution in [0.5, 0.6) is 0 Å². The summed E-state index contributed by atoms with van der Waals surface area (Å²) in [5, 5.41) is 2.72. The highest BCUT2D eigenvalue weighted by atomic mass is 16.1. The van der Waals surface area contributed by atoms with Gasteiger partial charge < -0.3 is 11.1 Å². The monoisotopic (exact) mass is 216 g/mol. The summed E-state index contributed by atoms with van der Waals surface area (Å²) in [5.41, 5.74) is 7.53. The van der Waals surface area contributed by atoms with E-state index in [2.05, 4.69) is 17.2 Å². The van der Waals surface area contributed by atoms with Gasteiger partial charge in [-0.3, -0.25) is 4.79 Å². The summed E-state index contributed by atoms with van der Waals surface area (Å²) in [5.74, 6) is 5.51. The first-order chi connectivity index (χ1) is 7.74. The Morgan fingerprint density at radius 3 is 2.88 bits per heavy atom. The molecule has 1 aromatic carbocycles. The summed E-state index contributed by atoms with van der Waals surface area (Å²) in [6.07, 6.45) is 1.11. The Morgan fingerprint density at radius 1 is 1.44 bits per heavy atom. The Balaban J connectivity index is 2.36. The maximum absolute atomic E-state index is 11.4. The average molecular weight is 216 g/mol. The molecule has 84 valence electrons. The van der Waals surface area contributed by atoms with Crippen LogP contribution < -0.4 is 11.1 Å². The van der Waals surface area contributed by atoms with E-state index in [0.717, 1.165) is 11.3 Å². The highest BCUT2D eigenvalue weighted by molar-refractivity contribution is 5.76. The van der Waals surface area contributed by atoms with Crippen molar-refractivity contribution in [2.24, 2.45) is 0 Å². The number of anilines is 1. The Morgan fingerprint density at radius 2 is 2.19 bits per heavy atom. The van der Waals surface area contributed by atoms with Gasteiger partial charge in [0.05, 0.1) is 6.54 Å². The van der Waals surface area contributed by atoms with Crippen LogP contribution in [0.15, 0.2) is 24.3 Å². The molecule has 0 aliphatic heterocycles. The molecule has 0 heterocycles. The zero-order valence-corrected chi connectivity index (χ0v) is 9.42. The SMILES string of the molecule is CC#CCNC(=O)CCc1ccccc1N. The molecule has 0 fully saturated rings. The zero-order chi connectivity index (χ0) is 11.8. The van der Waals surface area contributed by atoms with Gasteiger partial charge in [0.1, 0.15) is 0 Å². The van der Waals surface area contributed by atoms with Crippen molar-refractivity contribution in [1.29, 1.82) is 0 Å². The van der Waals surface area contributed by atoms with Crippen molar-refractivity contribution in [3.05, 3.63) is 29.8 Å². The second kappa shape index (κ2) is 6.52. The number of benzene rings is 1. The van der Waals surface area contributed by atoms with Gasteiger partial charge in [0.2, 0.25) is 5.91 Å².